The Kier molecular flexibility index (Phi) is 5.60. The Bertz CT molecular complexity index is 990. The number of aromatic nitrogens is 1. The molecule has 3 N–H and O–H groups in total. The lowest BCUT2D eigenvalue weighted by molar-refractivity contribution is -0.137. The first-order chi connectivity index (χ1) is 13.3. The van der Waals surface area contributed by atoms with Crippen LogP contribution in [0.2, 0.25) is 0 Å². The molecule has 0 aliphatic heterocycles. The highest BCUT2D eigenvalue weighted by molar-refractivity contribution is 6.04. The average Bonchev–Trinajstić information content (AvgIpc) is 2.68. The summed E-state index contributed by atoms with van der Waals surface area (Å²) in [5, 5.41) is 2.45. The lowest BCUT2D eigenvalue weighted by Crippen LogP contribution is -2.13. The van der Waals surface area contributed by atoms with Crippen molar-refractivity contribution < 1.29 is 22.7 Å². The van der Waals surface area contributed by atoms with Crippen molar-refractivity contribution >= 4 is 11.6 Å². The Hall–Kier alpha value is -3.39. The summed E-state index contributed by atoms with van der Waals surface area (Å²) in [5.41, 5.74) is 5.85. The van der Waals surface area contributed by atoms with Crippen LogP contribution in [0.3, 0.4) is 0 Å². The number of anilines is 1. The van der Waals surface area contributed by atoms with Gasteiger partial charge in [0.1, 0.15) is 5.75 Å². The number of hydrogen-bond acceptors (Lipinski definition) is 4. The van der Waals surface area contributed by atoms with E-state index in [-0.39, 0.29) is 11.3 Å². The van der Waals surface area contributed by atoms with Crippen LogP contribution in [0.4, 0.5) is 18.9 Å². The largest absolute Gasteiger partial charge is 0.439 e. The molecule has 0 saturated carbocycles. The Morgan fingerprint density at radius 1 is 1.07 bits per heavy atom. The number of nitrogens with two attached hydrogens (primary N) is 1. The van der Waals surface area contributed by atoms with Crippen molar-refractivity contribution in [2.24, 2.45) is 5.73 Å². The van der Waals surface area contributed by atoms with E-state index in [2.05, 4.69) is 10.3 Å². The maximum absolute atomic E-state index is 12.8. The van der Waals surface area contributed by atoms with E-state index in [4.69, 9.17) is 10.5 Å². The highest BCUT2D eigenvalue weighted by Crippen LogP contribution is 2.31. The van der Waals surface area contributed by atoms with Gasteiger partial charge in [-0.15, -0.1) is 0 Å². The molecule has 0 spiro atoms. The SMILES string of the molecule is NCc1ccnc(Oc2cccc(C(=O)Nc3cccc(C(F)(F)F)c3)c2)c1. The zero-order valence-corrected chi connectivity index (χ0v) is 14.5. The van der Waals surface area contributed by atoms with Gasteiger partial charge < -0.3 is 15.8 Å². The second-order valence-electron chi connectivity index (χ2n) is 5.87. The zero-order chi connectivity index (χ0) is 20.1. The smallest absolute Gasteiger partial charge is 0.416 e. The standard InChI is InChI=1S/C20H16F3N3O2/c21-20(22,23)15-4-2-5-16(11-15)26-19(27)14-3-1-6-17(10-14)28-18-9-13(12-24)7-8-25-18/h1-11H,12,24H2,(H,26,27). The van der Waals surface area contributed by atoms with Crippen LogP contribution in [0.1, 0.15) is 21.5 Å². The van der Waals surface area contributed by atoms with E-state index < -0.39 is 17.6 Å². The van der Waals surface area contributed by atoms with Crippen molar-refractivity contribution in [1.29, 1.82) is 0 Å². The third kappa shape index (κ3) is 4.86. The van der Waals surface area contributed by atoms with E-state index in [1.54, 1.807) is 30.5 Å². The van der Waals surface area contributed by atoms with Crippen molar-refractivity contribution in [2.45, 2.75) is 12.7 Å². The average molecular weight is 387 g/mol. The number of rotatable bonds is 5. The molecule has 0 aliphatic rings. The first-order valence-corrected chi connectivity index (χ1v) is 8.27. The lowest BCUT2D eigenvalue weighted by atomic mass is 10.1. The summed E-state index contributed by atoms with van der Waals surface area (Å²) < 4.78 is 44.0. The van der Waals surface area contributed by atoms with Gasteiger partial charge in [-0.2, -0.15) is 13.2 Å². The minimum Gasteiger partial charge on any atom is -0.439 e. The van der Waals surface area contributed by atoms with E-state index in [0.717, 1.165) is 17.7 Å². The molecule has 1 amide bonds. The molecule has 0 atom stereocenters. The predicted molar refractivity (Wildman–Crippen MR) is 98.0 cm³/mol. The number of carbonyl (C=O) groups is 1. The highest BCUT2D eigenvalue weighted by Gasteiger charge is 2.30. The Morgan fingerprint density at radius 2 is 1.86 bits per heavy atom. The van der Waals surface area contributed by atoms with Gasteiger partial charge in [0.2, 0.25) is 5.88 Å². The molecule has 2 aromatic carbocycles. The molecule has 1 aromatic heterocycles. The van der Waals surface area contributed by atoms with Gasteiger partial charge in [0.25, 0.3) is 5.91 Å². The van der Waals surface area contributed by atoms with Gasteiger partial charge in [0.05, 0.1) is 5.56 Å². The minimum atomic E-state index is -4.49. The van der Waals surface area contributed by atoms with E-state index in [0.29, 0.717) is 18.2 Å². The van der Waals surface area contributed by atoms with Crippen LogP contribution < -0.4 is 15.8 Å². The monoisotopic (exact) mass is 387 g/mol. The van der Waals surface area contributed by atoms with Crippen LogP contribution in [-0.2, 0) is 12.7 Å². The number of benzene rings is 2. The molecular formula is C20H16F3N3O2. The first-order valence-electron chi connectivity index (χ1n) is 8.27. The molecule has 1 heterocycles. The number of pyridine rings is 1. The second kappa shape index (κ2) is 8.10. The summed E-state index contributed by atoms with van der Waals surface area (Å²) in [6, 6.07) is 14.1. The second-order valence-corrected chi connectivity index (χ2v) is 5.87. The van der Waals surface area contributed by atoms with Gasteiger partial charge in [0.15, 0.2) is 0 Å². The quantitative estimate of drug-likeness (QED) is 0.671. The molecule has 0 unspecified atom stereocenters. The van der Waals surface area contributed by atoms with Crippen molar-refractivity contribution in [3.8, 4) is 11.6 Å². The molecule has 144 valence electrons. The molecule has 0 fully saturated rings. The number of carbonyl (C=O) groups excluding carboxylic acids is 1. The van der Waals surface area contributed by atoms with Crippen molar-refractivity contribution in [2.75, 3.05) is 5.32 Å². The third-order valence-electron chi connectivity index (χ3n) is 3.80. The minimum absolute atomic E-state index is 0.0449. The highest BCUT2D eigenvalue weighted by atomic mass is 19.4. The molecule has 28 heavy (non-hydrogen) atoms. The molecular weight excluding hydrogens is 371 g/mol. The van der Waals surface area contributed by atoms with Crippen molar-refractivity contribution in [3.63, 3.8) is 0 Å². The molecule has 0 saturated heterocycles. The first kappa shape index (κ1) is 19.4. The molecule has 0 aliphatic carbocycles. The number of ether oxygens (including phenoxy) is 1. The fraction of sp³-hybridized carbons (Fsp3) is 0.100. The normalized spacial score (nSPS) is 11.1. The fourth-order valence-corrected chi connectivity index (χ4v) is 2.43. The van der Waals surface area contributed by atoms with E-state index >= 15 is 0 Å². The summed E-state index contributed by atoms with van der Waals surface area (Å²) in [6.07, 6.45) is -2.93. The number of halogens is 3. The maximum atomic E-state index is 12.8. The van der Waals surface area contributed by atoms with Crippen LogP contribution in [0.5, 0.6) is 11.6 Å². The summed E-state index contributed by atoms with van der Waals surface area (Å²) in [6.45, 7) is 0.332. The van der Waals surface area contributed by atoms with Crippen molar-refractivity contribution in [1.82, 2.24) is 4.98 Å². The number of alkyl halides is 3. The number of hydrogen-bond donors (Lipinski definition) is 2. The number of amides is 1. The summed E-state index contributed by atoms with van der Waals surface area (Å²) >= 11 is 0. The lowest BCUT2D eigenvalue weighted by Gasteiger charge is -2.11. The predicted octanol–water partition coefficient (Wildman–Crippen LogP) is 4.60. The Balaban J connectivity index is 1.75. The van der Waals surface area contributed by atoms with Gasteiger partial charge >= 0.3 is 6.18 Å². The van der Waals surface area contributed by atoms with Gasteiger partial charge in [-0.3, -0.25) is 4.79 Å². The van der Waals surface area contributed by atoms with Crippen molar-refractivity contribution in [3.05, 3.63) is 83.6 Å². The summed E-state index contributed by atoms with van der Waals surface area (Å²) in [4.78, 5) is 16.5. The molecule has 3 aromatic rings. The maximum Gasteiger partial charge on any atom is 0.416 e. The molecule has 0 radical (unpaired) electrons. The van der Waals surface area contributed by atoms with E-state index in [1.165, 1.54) is 24.3 Å². The van der Waals surface area contributed by atoms with Gasteiger partial charge in [-0.25, -0.2) is 4.98 Å². The Labute approximate surface area is 159 Å². The molecule has 8 heteroatoms. The van der Waals surface area contributed by atoms with Crippen LogP contribution in [0.25, 0.3) is 0 Å². The Morgan fingerprint density at radius 3 is 2.61 bits per heavy atom. The number of nitrogens with one attached hydrogen (secondary N) is 1. The molecule has 0 bridgehead atoms. The van der Waals surface area contributed by atoms with Gasteiger partial charge in [-0.1, -0.05) is 12.1 Å². The van der Waals surface area contributed by atoms with Crippen LogP contribution >= 0.6 is 0 Å². The van der Waals surface area contributed by atoms with Gasteiger partial charge in [-0.05, 0) is 48.0 Å². The van der Waals surface area contributed by atoms with E-state index in [9.17, 15) is 18.0 Å². The third-order valence-corrected chi connectivity index (χ3v) is 3.80. The molecule has 5 nitrogen and oxygen atoms in total. The number of nitrogens with zero attached hydrogens (tertiary/aromatic N) is 1. The van der Waals surface area contributed by atoms with E-state index in [1.807, 2.05) is 0 Å². The van der Waals surface area contributed by atoms with Crippen LogP contribution in [-0.4, -0.2) is 10.9 Å². The van der Waals surface area contributed by atoms with Gasteiger partial charge in [0, 0.05) is 30.1 Å². The molecule has 3 rings (SSSR count). The van der Waals surface area contributed by atoms with Crippen LogP contribution in [0, 0.1) is 0 Å². The van der Waals surface area contributed by atoms with Crippen LogP contribution in [0.15, 0.2) is 66.9 Å². The topological polar surface area (TPSA) is 77.2 Å². The summed E-state index contributed by atoms with van der Waals surface area (Å²) in [7, 11) is 0. The fourth-order valence-electron chi connectivity index (χ4n) is 2.43. The summed E-state index contributed by atoms with van der Waals surface area (Å²) in [5.74, 6) is 0.116. The zero-order valence-electron chi connectivity index (χ0n) is 14.5.